The van der Waals surface area contributed by atoms with E-state index in [2.05, 4.69) is 10.3 Å². The molecule has 0 spiro atoms. The Hall–Kier alpha value is -1.43. The first-order chi connectivity index (χ1) is 8.57. The number of piperidine rings is 1. The van der Waals surface area contributed by atoms with Crippen LogP contribution in [0.1, 0.15) is 30.3 Å². The minimum atomic E-state index is -0.487. The van der Waals surface area contributed by atoms with Gasteiger partial charge in [0, 0.05) is 25.5 Å². The number of likely N-dealkylation sites (tertiary alicyclic amines) is 1. The first kappa shape index (κ1) is 13.0. The van der Waals surface area contributed by atoms with E-state index in [1.165, 1.54) is 11.3 Å². The third-order valence-corrected chi connectivity index (χ3v) is 4.00. The Morgan fingerprint density at radius 3 is 2.94 bits per heavy atom. The van der Waals surface area contributed by atoms with Crippen molar-refractivity contribution in [2.75, 3.05) is 20.1 Å². The highest BCUT2D eigenvalue weighted by Gasteiger charge is 2.39. The van der Waals surface area contributed by atoms with E-state index < -0.39 is 5.41 Å². The highest BCUT2D eigenvalue weighted by atomic mass is 32.1. The third kappa shape index (κ3) is 2.38. The summed E-state index contributed by atoms with van der Waals surface area (Å²) >= 11 is 1.40. The molecular weight excluding hydrogens is 250 g/mol. The van der Waals surface area contributed by atoms with Crippen LogP contribution in [-0.4, -0.2) is 41.8 Å². The van der Waals surface area contributed by atoms with Crippen LogP contribution in [0, 0.1) is 5.41 Å². The molecule has 1 saturated heterocycles. The molecule has 1 N–H and O–H groups in total. The lowest BCUT2D eigenvalue weighted by atomic mass is 9.81. The second-order valence-electron chi connectivity index (χ2n) is 4.84. The van der Waals surface area contributed by atoms with Crippen LogP contribution < -0.4 is 5.32 Å². The highest BCUT2D eigenvalue weighted by molar-refractivity contribution is 7.07. The highest BCUT2D eigenvalue weighted by Crippen LogP contribution is 2.30. The molecule has 2 heterocycles. The van der Waals surface area contributed by atoms with Gasteiger partial charge in [0.1, 0.15) is 5.69 Å². The van der Waals surface area contributed by atoms with E-state index in [1.807, 2.05) is 6.92 Å². The van der Waals surface area contributed by atoms with Crippen LogP contribution in [-0.2, 0) is 4.79 Å². The number of thiazole rings is 1. The normalized spacial score (nSPS) is 23.8. The smallest absolute Gasteiger partial charge is 0.273 e. The van der Waals surface area contributed by atoms with Crippen LogP contribution in [0.4, 0.5) is 0 Å². The Bertz CT molecular complexity index is 446. The molecule has 2 rings (SSSR count). The fourth-order valence-electron chi connectivity index (χ4n) is 2.38. The second kappa shape index (κ2) is 5.06. The Kier molecular flexibility index (Phi) is 3.65. The van der Waals surface area contributed by atoms with Gasteiger partial charge in [0.2, 0.25) is 5.91 Å². The monoisotopic (exact) mass is 267 g/mol. The van der Waals surface area contributed by atoms with Gasteiger partial charge < -0.3 is 10.2 Å². The van der Waals surface area contributed by atoms with Crippen LogP contribution in [0.5, 0.6) is 0 Å². The summed E-state index contributed by atoms with van der Waals surface area (Å²) in [5, 5.41) is 4.42. The molecule has 0 aromatic carbocycles. The van der Waals surface area contributed by atoms with Crippen molar-refractivity contribution in [3.05, 3.63) is 16.6 Å². The average molecular weight is 267 g/mol. The van der Waals surface area contributed by atoms with Gasteiger partial charge >= 0.3 is 0 Å². The minimum Gasteiger partial charge on any atom is -0.359 e. The molecule has 18 heavy (non-hydrogen) atoms. The molecule has 0 radical (unpaired) electrons. The topological polar surface area (TPSA) is 62.3 Å². The molecule has 6 heteroatoms. The molecule has 0 unspecified atom stereocenters. The zero-order chi connectivity index (χ0) is 13.2. The van der Waals surface area contributed by atoms with Gasteiger partial charge in [-0.25, -0.2) is 4.98 Å². The molecule has 1 aromatic rings. The summed E-state index contributed by atoms with van der Waals surface area (Å²) in [5.41, 5.74) is 1.63. The third-order valence-electron chi connectivity index (χ3n) is 3.41. The van der Waals surface area contributed by atoms with Gasteiger partial charge in [-0.2, -0.15) is 0 Å². The Morgan fingerprint density at radius 1 is 1.56 bits per heavy atom. The van der Waals surface area contributed by atoms with E-state index in [0.717, 1.165) is 12.8 Å². The van der Waals surface area contributed by atoms with Gasteiger partial charge in [-0.1, -0.05) is 0 Å². The first-order valence-corrected chi connectivity index (χ1v) is 6.91. The van der Waals surface area contributed by atoms with Crippen LogP contribution in [0.15, 0.2) is 10.9 Å². The molecule has 5 nitrogen and oxygen atoms in total. The zero-order valence-electron chi connectivity index (χ0n) is 10.6. The van der Waals surface area contributed by atoms with Crippen molar-refractivity contribution in [1.82, 2.24) is 15.2 Å². The standard InChI is InChI=1S/C12H17N3O2S/c1-12(11(17)13-2)4-3-5-15(7-12)10(16)9-6-18-8-14-9/h6,8H,3-5,7H2,1-2H3,(H,13,17)/t12-/m0/s1. The van der Waals surface area contributed by atoms with E-state index in [-0.39, 0.29) is 11.8 Å². The van der Waals surface area contributed by atoms with Crippen molar-refractivity contribution >= 4 is 23.2 Å². The fourth-order valence-corrected chi connectivity index (χ4v) is 2.91. The predicted molar refractivity (Wildman–Crippen MR) is 69.4 cm³/mol. The quantitative estimate of drug-likeness (QED) is 0.873. The molecule has 2 amide bonds. The van der Waals surface area contributed by atoms with Crippen LogP contribution in [0.2, 0.25) is 0 Å². The van der Waals surface area contributed by atoms with Crippen molar-refractivity contribution in [2.45, 2.75) is 19.8 Å². The Balaban J connectivity index is 2.12. The van der Waals surface area contributed by atoms with Gasteiger partial charge in [0.25, 0.3) is 5.91 Å². The summed E-state index contributed by atoms with van der Waals surface area (Å²) in [6.07, 6.45) is 1.66. The first-order valence-electron chi connectivity index (χ1n) is 5.96. The molecule has 0 aliphatic carbocycles. The molecule has 1 atom stereocenters. The predicted octanol–water partition coefficient (Wildman–Crippen LogP) is 1.13. The summed E-state index contributed by atoms with van der Waals surface area (Å²) in [6, 6.07) is 0. The van der Waals surface area contributed by atoms with Gasteiger partial charge in [-0.05, 0) is 19.8 Å². The van der Waals surface area contributed by atoms with E-state index in [1.54, 1.807) is 22.8 Å². The number of rotatable bonds is 2. The van der Waals surface area contributed by atoms with E-state index in [0.29, 0.717) is 18.8 Å². The van der Waals surface area contributed by atoms with Crippen molar-refractivity contribution in [3.8, 4) is 0 Å². The molecule has 1 aliphatic heterocycles. The summed E-state index contributed by atoms with van der Waals surface area (Å²) in [6.45, 7) is 3.07. The van der Waals surface area contributed by atoms with Crippen molar-refractivity contribution in [1.29, 1.82) is 0 Å². The average Bonchev–Trinajstić information content (AvgIpc) is 2.90. The number of nitrogens with zero attached hydrogens (tertiary/aromatic N) is 2. The van der Waals surface area contributed by atoms with E-state index in [4.69, 9.17) is 0 Å². The second-order valence-corrected chi connectivity index (χ2v) is 5.56. The summed E-state index contributed by atoms with van der Waals surface area (Å²) in [7, 11) is 1.63. The lowest BCUT2D eigenvalue weighted by molar-refractivity contribution is -0.132. The number of nitrogens with one attached hydrogen (secondary N) is 1. The molecule has 98 valence electrons. The van der Waals surface area contributed by atoms with Gasteiger partial charge in [0.15, 0.2) is 0 Å². The van der Waals surface area contributed by atoms with E-state index >= 15 is 0 Å². The molecule has 1 aromatic heterocycles. The lowest BCUT2D eigenvalue weighted by Gasteiger charge is -2.38. The molecule has 0 saturated carbocycles. The largest absolute Gasteiger partial charge is 0.359 e. The summed E-state index contributed by atoms with van der Waals surface area (Å²) in [4.78, 5) is 29.8. The number of carbonyl (C=O) groups is 2. The Labute approximate surface area is 110 Å². The molecule has 0 bridgehead atoms. The van der Waals surface area contributed by atoms with Gasteiger partial charge in [-0.15, -0.1) is 11.3 Å². The minimum absolute atomic E-state index is 0.00159. The summed E-state index contributed by atoms with van der Waals surface area (Å²) in [5.74, 6) is -0.0793. The summed E-state index contributed by atoms with van der Waals surface area (Å²) < 4.78 is 0. The van der Waals surface area contributed by atoms with Crippen molar-refractivity contribution in [2.24, 2.45) is 5.41 Å². The van der Waals surface area contributed by atoms with Crippen molar-refractivity contribution < 1.29 is 9.59 Å². The van der Waals surface area contributed by atoms with Gasteiger partial charge in [0.05, 0.1) is 10.9 Å². The SMILES string of the molecule is CNC(=O)[C@@]1(C)CCCN(C(=O)c2cscn2)C1. The zero-order valence-corrected chi connectivity index (χ0v) is 11.4. The number of hydrogen-bond acceptors (Lipinski definition) is 4. The maximum Gasteiger partial charge on any atom is 0.273 e. The molecule has 1 aliphatic rings. The lowest BCUT2D eigenvalue weighted by Crippen LogP contribution is -2.51. The number of aromatic nitrogens is 1. The number of amides is 2. The molecular formula is C12H17N3O2S. The van der Waals surface area contributed by atoms with Crippen LogP contribution >= 0.6 is 11.3 Å². The number of hydrogen-bond donors (Lipinski definition) is 1. The number of carbonyl (C=O) groups excluding carboxylic acids is 2. The van der Waals surface area contributed by atoms with Crippen LogP contribution in [0.25, 0.3) is 0 Å². The van der Waals surface area contributed by atoms with Gasteiger partial charge in [-0.3, -0.25) is 9.59 Å². The van der Waals surface area contributed by atoms with E-state index in [9.17, 15) is 9.59 Å². The molecule has 1 fully saturated rings. The Morgan fingerprint density at radius 2 is 2.33 bits per heavy atom. The fraction of sp³-hybridized carbons (Fsp3) is 0.583. The van der Waals surface area contributed by atoms with Crippen molar-refractivity contribution in [3.63, 3.8) is 0 Å². The maximum absolute atomic E-state index is 12.2. The van der Waals surface area contributed by atoms with Crippen LogP contribution in [0.3, 0.4) is 0 Å². The maximum atomic E-state index is 12.2.